The zero-order valence-corrected chi connectivity index (χ0v) is 18.7. The molecule has 0 saturated heterocycles. The zero-order valence-electron chi connectivity index (χ0n) is 18.7. The van der Waals surface area contributed by atoms with E-state index < -0.39 is 5.91 Å². The first kappa shape index (κ1) is 27.8. The molecule has 158 valence electrons. The van der Waals surface area contributed by atoms with Crippen molar-refractivity contribution >= 4 is 17.5 Å². The second kappa shape index (κ2) is 18.8. The van der Waals surface area contributed by atoms with E-state index in [0.717, 1.165) is 12.8 Å². The molecule has 0 radical (unpaired) electrons. The summed E-state index contributed by atoms with van der Waals surface area (Å²) in [4.78, 5) is 23.0. The van der Waals surface area contributed by atoms with Crippen LogP contribution in [-0.2, 0) is 4.79 Å². The number of carbonyl (C=O) groups excluding carboxylic acids is 2. The van der Waals surface area contributed by atoms with Crippen molar-refractivity contribution in [3.8, 4) is 0 Å². The Bertz CT molecular complexity index is 564. The van der Waals surface area contributed by atoms with E-state index in [1.807, 2.05) is 0 Å². The van der Waals surface area contributed by atoms with E-state index in [2.05, 4.69) is 12.2 Å². The SMILES string of the molecule is CCCCCCCCCCCCCCCCC(=O)Nc1cccc(C([NH-])=O)c1.[Li+]. The molecule has 1 aromatic rings. The summed E-state index contributed by atoms with van der Waals surface area (Å²) in [7, 11) is 0. The summed E-state index contributed by atoms with van der Waals surface area (Å²) in [6.07, 6.45) is 18.7. The van der Waals surface area contributed by atoms with Crippen LogP contribution < -0.4 is 24.2 Å². The van der Waals surface area contributed by atoms with Gasteiger partial charge in [0.05, 0.1) is 5.91 Å². The summed E-state index contributed by atoms with van der Waals surface area (Å²) < 4.78 is 0. The van der Waals surface area contributed by atoms with Gasteiger partial charge in [-0.2, -0.15) is 0 Å². The minimum atomic E-state index is -0.733. The molecule has 0 aliphatic carbocycles. The molecule has 0 unspecified atom stereocenters. The van der Waals surface area contributed by atoms with E-state index in [1.54, 1.807) is 24.3 Å². The number of carbonyl (C=O) groups is 2. The third-order valence-electron chi connectivity index (χ3n) is 5.17. The molecule has 4 nitrogen and oxygen atoms in total. The Morgan fingerprint density at radius 3 is 1.76 bits per heavy atom. The molecule has 0 aliphatic rings. The van der Waals surface area contributed by atoms with E-state index in [9.17, 15) is 9.59 Å². The van der Waals surface area contributed by atoms with Crippen LogP contribution in [0.15, 0.2) is 24.3 Å². The molecule has 0 fully saturated rings. The molecule has 29 heavy (non-hydrogen) atoms. The van der Waals surface area contributed by atoms with Crippen LogP contribution in [-0.4, -0.2) is 11.8 Å². The smallest absolute Gasteiger partial charge is 0.664 e. The van der Waals surface area contributed by atoms with Crippen molar-refractivity contribution in [2.45, 2.75) is 103 Å². The zero-order chi connectivity index (χ0) is 20.5. The molecule has 2 amide bonds. The Morgan fingerprint density at radius 2 is 1.28 bits per heavy atom. The summed E-state index contributed by atoms with van der Waals surface area (Å²) in [6.45, 7) is 2.26. The molecule has 0 saturated carbocycles. The van der Waals surface area contributed by atoms with Crippen molar-refractivity contribution in [2.75, 3.05) is 5.32 Å². The fraction of sp³-hybridized carbons (Fsp3) is 0.667. The quantitative estimate of drug-likeness (QED) is 0.307. The molecule has 0 heterocycles. The van der Waals surface area contributed by atoms with Gasteiger partial charge in [-0.1, -0.05) is 103 Å². The summed E-state index contributed by atoms with van der Waals surface area (Å²) in [6, 6.07) is 6.57. The second-order valence-electron chi connectivity index (χ2n) is 7.80. The van der Waals surface area contributed by atoms with Gasteiger partial charge >= 0.3 is 18.9 Å². The number of anilines is 1. The molecule has 2 N–H and O–H groups in total. The summed E-state index contributed by atoms with van der Waals surface area (Å²) in [5.41, 5.74) is 8.01. The molecule has 0 bridgehead atoms. The van der Waals surface area contributed by atoms with Crippen LogP contribution in [0.3, 0.4) is 0 Å². The van der Waals surface area contributed by atoms with Crippen LogP contribution in [0.4, 0.5) is 5.69 Å². The minimum absolute atomic E-state index is 0. The van der Waals surface area contributed by atoms with Gasteiger partial charge in [-0.25, -0.2) is 0 Å². The Kier molecular flexibility index (Phi) is 18.0. The predicted molar refractivity (Wildman–Crippen MR) is 119 cm³/mol. The van der Waals surface area contributed by atoms with Crippen molar-refractivity contribution in [1.82, 2.24) is 0 Å². The summed E-state index contributed by atoms with van der Waals surface area (Å²) in [5.74, 6) is -0.753. The fourth-order valence-corrected chi connectivity index (χ4v) is 3.44. The fourth-order valence-electron chi connectivity index (χ4n) is 3.44. The molecule has 0 aliphatic heterocycles. The van der Waals surface area contributed by atoms with E-state index in [4.69, 9.17) is 5.73 Å². The van der Waals surface area contributed by atoms with Crippen LogP contribution in [0.2, 0.25) is 0 Å². The van der Waals surface area contributed by atoms with E-state index in [0.29, 0.717) is 17.7 Å². The maximum atomic E-state index is 12.0. The van der Waals surface area contributed by atoms with Crippen LogP contribution in [0.5, 0.6) is 0 Å². The maximum absolute atomic E-state index is 12.0. The molecule has 5 heteroatoms. The average molecular weight is 395 g/mol. The van der Waals surface area contributed by atoms with Gasteiger partial charge in [0.15, 0.2) is 0 Å². The Morgan fingerprint density at radius 1 is 0.793 bits per heavy atom. The van der Waals surface area contributed by atoms with Crippen molar-refractivity contribution < 1.29 is 28.4 Å². The van der Waals surface area contributed by atoms with Gasteiger partial charge < -0.3 is 15.8 Å². The van der Waals surface area contributed by atoms with Crippen molar-refractivity contribution in [3.63, 3.8) is 0 Å². The van der Waals surface area contributed by atoms with Crippen LogP contribution in [0, 0.1) is 0 Å². The summed E-state index contributed by atoms with van der Waals surface area (Å²) in [5, 5.41) is 2.81. The van der Waals surface area contributed by atoms with E-state index >= 15 is 0 Å². The predicted octanol–water partition coefficient (Wildman–Crippen LogP) is 4.69. The number of hydrogen-bond acceptors (Lipinski definition) is 2. The Hall–Kier alpha value is -1.24. The van der Waals surface area contributed by atoms with Crippen LogP contribution in [0.25, 0.3) is 5.73 Å². The second-order valence-corrected chi connectivity index (χ2v) is 7.80. The number of unbranched alkanes of at least 4 members (excludes halogenated alkanes) is 13. The molecule has 0 spiro atoms. The van der Waals surface area contributed by atoms with Crippen LogP contribution >= 0.6 is 0 Å². The largest absolute Gasteiger partial charge is 1.00 e. The standard InChI is InChI=1S/C24H40N2O2.Li/c1-2-3-4-5-6-7-8-9-10-11-12-13-14-15-19-23(27)26-22-18-16-17-21(20-22)24(25)28;/h16-18,20H,2-15,19H2,1H3,(H3,25,26,27,28);/q;+1/p-1. The number of benzene rings is 1. The van der Waals surface area contributed by atoms with E-state index in [1.165, 1.54) is 77.0 Å². The third-order valence-corrected chi connectivity index (χ3v) is 5.17. The Balaban J connectivity index is 0.00000784. The van der Waals surface area contributed by atoms with Gasteiger partial charge in [0, 0.05) is 17.7 Å². The number of rotatable bonds is 17. The van der Waals surface area contributed by atoms with Gasteiger partial charge in [-0.3, -0.25) is 4.79 Å². The number of nitrogens with one attached hydrogen (secondary N) is 2. The first-order valence-electron chi connectivity index (χ1n) is 11.3. The minimum Gasteiger partial charge on any atom is -0.664 e. The molecule has 1 aromatic carbocycles. The van der Waals surface area contributed by atoms with Crippen molar-refractivity contribution in [1.29, 1.82) is 0 Å². The number of amides is 2. The van der Waals surface area contributed by atoms with Crippen LogP contribution in [0.1, 0.15) is 114 Å². The molecular formula is C24H39LiN2O2. The van der Waals surface area contributed by atoms with Crippen molar-refractivity contribution in [2.24, 2.45) is 0 Å². The van der Waals surface area contributed by atoms with Gasteiger partial charge in [-0.15, -0.1) is 0 Å². The molecule has 0 aromatic heterocycles. The van der Waals surface area contributed by atoms with Gasteiger partial charge in [0.1, 0.15) is 0 Å². The van der Waals surface area contributed by atoms with Crippen molar-refractivity contribution in [3.05, 3.63) is 35.6 Å². The van der Waals surface area contributed by atoms with Gasteiger partial charge in [0.2, 0.25) is 5.91 Å². The molecule has 0 atom stereocenters. The maximum Gasteiger partial charge on any atom is 1.00 e. The first-order valence-corrected chi connectivity index (χ1v) is 11.3. The van der Waals surface area contributed by atoms with Gasteiger partial charge in [-0.05, 0) is 18.6 Å². The van der Waals surface area contributed by atoms with Gasteiger partial charge in [0.25, 0.3) is 0 Å². The topological polar surface area (TPSA) is 70.0 Å². The molecule has 1 rings (SSSR count). The monoisotopic (exact) mass is 394 g/mol. The number of hydrogen-bond donors (Lipinski definition) is 1. The first-order chi connectivity index (χ1) is 13.6. The Labute approximate surface area is 190 Å². The average Bonchev–Trinajstić information content (AvgIpc) is 2.68. The van der Waals surface area contributed by atoms with E-state index in [-0.39, 0.29) is 24.8 Å². The summed E-state index contributed by atoms with van der Waals surface area (Å²) >= 11 is 0. The third kappa shape index (κ3) is 15.3. The normalized spacial score (nSPS) is 10.4. The molecular weight excluding hydrogens is 355 g/mol.